The van der Waals surface area contributed by atoms with E-state index in [0.29, 0.717) is 0 Å². The summed E-state index contributed by atoms with van der Waals surface area (Å²) in [4.78, 5) is 9.89. The summed E-state index contributed by atoms with van der Waals surface area (Å²) < 4.78 is 4.29. The zero-order chi connectivity index (χ0) is 4.99. The third-order valence-electron chi connectivity index (χ3n) is 0.333. The summed E-state index contributed by atoms with van der Waals surface area (Å²) in [6.07, 6.45) is 0. The van der Waals surface area contributed by atoms with Crippen LogP contribution >= 0.6 is 0 Å². The van der Waals surface area contributed by atoms with Gasteiger partial charge in [-0.05, 0) is 0 Å². The Morgan fingerprint density at radius 2 is 2.33 bits per heavy atom. The van der Waals surface area contributed by atoms with Crippen molar-refractivity contribution in [1.82, 2.24) is 0 Å². The number of hydrogen-bond donors (Lipinski definition) is 0. The van der Waals surface area contributed by atoms with E-state index >= 15 is 0 Å². The molecule has 2 nitrogen and oxygen atoms in total. The van der Waals surface area contributed by atoms with Crippen molar-refractivity contribution in [3.63, 3.8) is 0 Å². The minimum atomic E-state index is -0.0949. The Balaban J connectivity index is 2.99. The van der Waals surface area contributed by atoms with Gasteiger partial charge in [0.15, 0.2) is 0 Å². The predicted octanol–water partition coefficient (Wildman–Crippen LogP) is 0.505. The summed E-state index contributed by atoms with van der Waals surface area (Å²) in [6.45, 7) is 0. The molecule has 0 aliphatic rings. The van der Waals surface area contributed by atoms with Gasteiger partial charge in [-0.15, -0.1) is 0 Å². The maximum absolute atomic E-state index is 9.99. The van der Waals surface area contributed by atoms with E-state index < -0.39 is 0 Å². The molecule has 0 aromatic carbocycles. The van der Waals surface area contributed by atoms with Crippen LogP contribution in [0.4, 0.5) is 4.79 Å². The van der Waals surface area contributed by atoms with Gasteiger partial charge in [-0.2, -0.15) is 0 Å². The summed E-state index contributed by atoms with van der Waals surface area (Å²) >= 11 is 0.0226. The molecule has 0 spiro atoms. The Bertz CT molecular complexity index is 46.8. The van der Waals surface area contributed by atoms with Crippen LogP contribution in [-0.4, -0.2) is 26.9 Å². The van der Waals surface area contributed by atoms with Crippen LogP contribution in [0.1, 0.15) is 0 Å². The molecule has 0 aromatic heterocycles. The minimum absolute atomic E-state index is 0.0226. The van der Waals surface area contributed by atoms with Crippen LogP contribution < -0.4 is 0 Å². The molecule has 0 bridgehead atoms. The van der Waals surface area contributed by atoms with Crippen LogP contribution in [-0.2, 0) is 4.74 Å². The topological polar surface area (TPSA) is 26.3 Å². The van der Waals surface area contributed by atoms with Crippen LogP contribution in [0.2, 0.25) is 5.82 Å². The molecule has 6 heavy (non-hydrogen) atoms. The Hall–Kier alpha value is -0.0105. The SMILES string of the molecule is COC(=O)[Se]C. The van der Waals surface area contributed by atoms with Gasteiger partial charge in [0, 0.05) is 0 Å². The van der Waals surface area contributed by atoms with E-state index in [1.54, 1.807) is 0 Å². The van der Waals surface area contributed by atoms with Crippen LogP contribution in [0.5, 0.6) is 0 Å². The fraction of sp³-hybridized carbons (Fsp3) is 0.667. The molecule has 0 aliphatic heterocycles. The van der Waals surface area contributed by atoms with Gasteiger partial charge in [-0.1, -0.05) is 0 Å². The standard InChI is InChI=1S/C3H6O2Se/c1-5-3(4)6-2/h1-2H3. The van der Waals surface area contributed by atoms with E-state index in [1.807, 2.05) is 5.82 Å². The number of carbonyl (C=O) groups excluding carboxylic acids is 1. The predicted molar refractivity (Wildman–Crippen MR) is 24.0 cm³/mol. The molecular formula is C3H6O2Se. The number of rotatable bonds is 1. The van der Waals surface area contributed by atoms with E-state index in [1.165, 1.54) is 7.11 Å². The van der Waals surface area contributed by atoms with Crippen LogP contribution in [0.15, 0.2) is 0 Å². The van der Waals surface area contributed by atoms with Gasteiger partial charge in [-0.3, -0.25) is 0 Å². The molecule has 36 valence electrons. The normalized spacial score (nSPS) is 7.67. The van der Waals surface area contributed by atoms with Gasteiger partial charge in [0.1, 0.15) is 0 Å². The summed E-state index contributed by atoms with van der Waals surface area (Å²) in [7, 11) is 1.40. The molecule has 0 atom stereocenters. The Kier molecular flexibility index (Phi) is 3.18. The fourth-order valence-electron chi connectivity index (χ4n) is 0.0833. The van der Waals surface area contributed by atoms with E-state index in [0.717, 1.165) is 0 Å². The molecule has 0 heterocycles. The first-order valence-corrected chi connectivity index (χ1v) is 4.00. The van der Waals surface area contributed by atoms with Crippen molar-refractivity contribution in [1.29, 1.82) is 0 Å². The molecule has 0 N–H and O–H groups in total. The first-order chi connectivity index (χ1) is 2.81. The molecule has 0 radical (unpaired) electrons. The van der Waals surface area contributed by atoms with Gasteiger partial charge in [-0.25, -0.2) is 0 Å². The Morgan fingerprint density at radius 3 is 2.33 bits per heavy atom. The fourth-order valence-corrected chi connectivity index (χ4v) is 0.433. The van der Waals surface area contributed by atoms with Crippen molar-refractivity contribution in [3.8, 4) is 0 Å². The molecule has 0 amide bonds. The van der Waals surface area contributed by atoms with Crippen molar-refractivity contribution in [3.05, 3.63) is 0 Å². The van der Waals surface area contributed by atoms with Crippen molar-refractivity contribution >= 4 is 19.8 Å². The zero-order valence-electron chi connectivity index (χ0n) is 3.72. The van der Waals surface area contributed by atoms with Crippen LogP contribution in [0, 0.1) is 0 Å². The zero-order valence-corrected chi connectivity index (χ0v) is 5.44. The maximum atomic E-state index is 9.99. The second kappa shape index (κ2) is 3.19. The summed E-state index contributed by atoms with van der Waals surface area (Å²) in [5.41, 5.74) is 0. The second-order valence-electron chi connectivity index (χ2n) is 0.658. The average Bonchev–Trinajstić information content (AvgIpc) is 1.65. The molecule has 3 heteroatoms. The first-order valence-electron chi connectivity index (χ1n) is 1.43. The first kappa shape index (κ1) is 5.99. The van der Waals surface area contributed by atoms with Crippen LogP contribution in [0.25, 0.3) is 0 Å². The summed E-state index contributed by atoms with van der Waals surface area (Å²) in [5, 5.41) is 0. The van der Waals surface area contributed by atoms with Crippen molar-refractivity contribution in [2.75, 3.05) is 7.11 Å². The second-order valence-corrected chi connectivity index (χ2v) is 2.21. The monoisotopic (exact) mass is 154 g/mol. The Morgan fingerprint density at radius 1 is 1.83 bits per heavy atom. The van der Waals surface area contributed by atoms with E-state index in [9.17, 15) is 4.79 Å². The number of hydrogen-bond acceptors (Lipinski definition) is 2. The molecule has 0 aliphatic carbocycles. The number of carbonyl (C=O) groups is 1. The van der Waals surface area contributed by atoms with E-state index in [2.05, 4.69) is 4.74 Å². The van der Waals surface area contributed by atoms with E-state index in [4.69, 9.17) is 0 Å². The van der Waals surface area contributed by atoms with Crippen LogP contribution in [0.3, 0.4) is 0 Å². The van der Waals surface area contributed by atoms with Gasteiger partial charge >= 0.3 is 42.3 Å². The van der Waals surface area contributed by atoms with Gasteiger partial charge in [0.25, 0.3) is 0 Å². The molecule has 0 aromatic rings. The van der Waals surface area contributed by atoms with Gasteiger partial charge < -0.3 is 0 Å². The summed E-state index contributed by atoms with van der Waals surface area (Å²) in [6, 6.07) is 0. The van der Waals surface area contributed by atoms with Gasteiger partial charge in [0.2, 0.25) is 0 Å². The molecule has 0 saturated carbocycles. The third-order valence-corrected chi connectivity index (χ3v) is 1.38. The third kappa shape index (κ3) is 2.24. The van der Waals surface area contributed by atoms with Crippen molar-refractivity contribution in [2.45, 2.75) is 5.82 Å². The van der Waals surface area contributed by atoms with Gasteiger partial charge in [0.05, 0.1) is 0 Å². The molecule has 0 unspecified atom stereocenters. The molecular weight excluding hydrogens is 147 g/mol. The molecule has 0 saturated heterocycles. The summed E-state index contributed by atoms with van der Waals surface area (Å²) in [5.74, 6) is 1.82. The number of methoxy groups -OCH3 is 1. The quantitative estimate of drug-likeness (QED) is 0.513. The molecule has 0 rings (SSSR count). The van der Waals surface area contributed by atoms with Crippen molar-refractivity contribution in [2.24, 2.45) is 0 Å². The Labute approximate surface area is 43.0 Å². The molecule has 0 fully saturated rings. The van der Waals surface area contributed by atoms with E-state index in [-0.39, 0.29) is 19.8 Å². The van der Waals surface area contributed by atoms with Crippen molar-refractivity contribution < 1.29 is 9.53 Å². The number of ether oxygens (including phenoxy) is 1. The average molecular weight is 153 g/mol.